The van der Waals surface area contributed by atoms with Gasteiger partial charge in [-0.15, -0.1) is 10.2 Å². The van der Waals surface area contributed by atoms with Crippen molar-refractivity contribution in [3.05, 3.63) is 108 Å². The fraction of sp³-hybridized carbons (Fsp3) is 0.192. The van der Waals surface area contributed by atoms with E-state index in [4.69, 9.17) is 0 Å². The quantitative estimate of drug-likeness (QED) is 0.348. The maximum atomic E-state index is 13.6. The molecule has 32 heavy (non-hydrogen) atoms. The lowest BCUT2D eigenvalue weighted by Crippen LogP contribution is -2.35. The van der Waals surface area contributed by atoms with Crippen LogP contribution in [0, 0.1) is 6.92 Å². The average molecular weight is 443 g/mol. The van der Waals surface area contributed by atoms with Crippen molar-refractivity contribution >= 4 is 17.7 Å². The number of amides is 1. The van der Waals surface area contributed by atoms with Crippen LogP contribution in [0.1, 0.15) is 23.9 Å². The van der Waals surface area contributed by atoms with Gasteiger partial charge in [-0.25, -0.2) is 0 Å². The predicted molar refractivity (Wildman–Crippen MR) is 129 cm³/mol. The molecule has 0 aliphatic heterocycles. The van der Waals surface area contributed by atoms with Crippen LogP contribution in [0.2, 0.25) is 0 Å². The summed E-state index contributed by atoms with van der Waals surface area (Å²) in [6, 6.07) is 30.2. The molecule has 1 atom stereocenters. The summed E-state index contributed by atoms with van der Waals surface area (Å²) in [7, 11) is 0. The first kappa shape index (κ1) is 21.8. The fourth-order valence-electron chi connectivity index (χ4n) is 3.58. The molecule has 5 nitrogen and oxygen atoms in total. The summed E-state index contributed by atoms with van der Waals surface area (Å²) in [4.78, 5) is 15.5. The van der Waals surface area contributed by atoms with Gasteiger partial charge in [-0.2, -0.15) is 0 Å². The second kappa shape index (κ2) is 10.3. The number of aromatic nitrogens is 3. The van der Waals surface area contributed by atoms with Crippen molar-refractivity contribution in [3.8, 4) is 5.69 Å². The first-order valence-corrected chi connectivity index (χ1v) is 11.5. The molecular weight excluding hydrogens is 416 g/mol. The Morgan fingerprint density at radius 2 is 1.34 bits per heavy atom. The Morgan fingerprint density at radius 1 is 0.844 bits per heavy atom. The molecule has 6 heteroatoms. The van der Waals surface area contributed by atoms with Gasteiger partial charge in [0.05, 0.1) is 5.25 Å². The predicted octanol–water partition coefficient (Wildman–Crippen LogP) is 5.29. The highest BCUT2D eigenvalue weighted by Crippen LogP contribution is 2.27. The molecule has 0 fully saturated rings. The van der Waals surface area contributed by atoms with E-state index in [2.05, 4.69) is 34.5 Å². The van der Waals surface area contributed by atoms with E-state index < -0.39 is 0 Å². The number of para-hydroxylation sites is 1. The molecule has 1 heterocycles. The number of hydrogen-bond acceptors (Lipinski definition) is 4. The van der Waals surface area contributed by atoms with E-state index in [9.17, 15) is 4.79 Å². The summed E-state index contributed by atoms with van der Waals surface area (Å²) in [6.45, 7) is 4.98. The minimum absolute atomic E-state index is 0.0722. The third-order valence-corrected chi connectivity index (χ3v) is 6.21. The van der Waals surface area contributed by atoms with Crippen LogP contribution in [0.15, 0.2) is 96.2 Å². The third-order valence-electron chi connectivity index (χ3n) is 5.18. The van der Waals surface area contributed by atoms with E-state index in [0.29, 0.717) is 18.2 Å². The van der Waals surface area contributed by atoms with Gasteiger partial charge in [0, 0.05) is 18.8 Å². The zero-order valence-electron chi connectivity index (χ0n) is 18.3. The lowest BCUT2D eigenvalue weighted by atomic mass is 10.1. The minimum atomic E-state index is -0.312. The summed E-state index contributed by atoms with van der Waals surface area (Å²) in [5.41, 5.74) is 3.21. The Bertz CT molecular complexity index is 1100. The van der Waals surface area contributed by atoms with Crippen molar-refractivity contribution in [2.45, 2.75) is 37.3 Å². The molecule has 0 saturated carbocycles. The van der Waals surface area contributed by atoms with Gasteiger partial charge in [-0.3, -0.25) is 9.36 Å². The van der Waals surface area contributed by atoms with Gasteiger partial charge in [0.15, 0.2) is 5.16 Å². The number of benzene rings is 3. The number of aryl methyl sites for hydroxylation is 1. The van der Waals surface area contributed by atoms with Gasteiger partial charge < -0.3 is 4.90 Å². The third kappa shape index (κ3) is 5.26. The highest BCUT2D eigenvalue weighted by molar-refractivity contribution is 8.00. The maximum Gasteiger partial charge on any atom is 0.236 e. The Morgan fingerprint density at radius 3 is 1.88 bits per heavy atom. The Hall–Kier alpha value is -3.38. The molecule has 0 saturated heterocycles. The number of nitrogens with zero attached hydrogens (tertiary/aromatic N) is 4. The van der Waals surface area contributed by atoms with Crippen molar-refractivity contribution in [1.82, 2.24) is 19.7 Å². The smallest absolute Gasteiger partial charge is 0.236 e. The summed E-state index contributed by atoms with van der Waals surface area (Å²) < 4.78 is 1.99. The first-order valence-electron chi connectivity index (χ1n) is 10.6. The largest absolute Gasteiger partial charge is 0.333 e. The van der Waals surface area contributed by atoms with Crippen LogP contribution in [0.4, 0.5) is 0 Å². The van der Waals surface area contributed by atoms with E-state index in [1.165, 1.54) is 11.8 Å². The van der Waals surface area contributed by atoms with E-state index >= 15 is 0 Å². The molecule has 0 spiro atoms. The number of carbonyl (C=O) groups excluding carboxylic acids is 1. The first-order chi connectivity index (χ1) is 15.6. The van der Waals surface area contributed by atoms with Crippen LogP contribution in [-0.2, 0) is 17.9 Å². The van der Waals surface area contributed by atoms with Crippen molar-refractivity contribution < 1.29 is 4.79 Å². The monoisotopic (exact) mass is 442 g/mol. The summed E-state index contributed by atoms with van der Waals surface area (Å²) >= 11 is 1.44. The Labute approximate surface area is 193 Å². The van der Waals surface area contributed by atoms with Crippen molar-refractivity contribution in [2.24, 2.45) is 0 Å². The van der Waals surface area contributed by atoms with Gasteiger partial charge in [0.25, 0.3) is 0 Å². The van der Waals surface area contributed by atoms with Crippen LogP contribution in [0.5, 0.6) is 0 Å². The second-order valence-corrected chi connectivity index (χ2v) is 8.93. The Balaban J connectivity index is 1.56. The van der Waals surface area contributed by atoms with Crippen molar-refractivity contribution in [1.29, 1.82) is 0 Å². The summed E-state index contributed by atoms with van der Waals surface area (Å²) in [6.07, 6.45) is 0. The standard InChI is InChI=1S/C26H26N4OS/c1-20(32-26-28-27-21(2)30(26)24-16-10-5-11-17-24)25(31)29(18-22-12-6-3-7-13-22)19-23-14-8-4-9-15-23/h3-17,20H,18-19H2,1-2H3. The molecule has 1 amide bonds. The van der Waals surface area contributed by atoms with Crippen molar-refractivity contribution in [3.63, 3.8) is 0 Å². The van der Waals surface area contributed by atoms with Crippen LogP contribution >= 0.6 is 11.8 Å². The average Bonchev–Trinajstić information content (AvgIpc) is 3.19. The molecule has 1 unspecified atom stereocenters. The highest BCUT2D eigenvalue weighted by atomic mass is 32.2. The Kier molecular flexibility index (Phi) is 7.02. The summed E-state index contributed by atoms with van der Waals surface area (Å²) in [5, 5.41) is 9.00. The van der Waals surface area contributed by atoms with Crippen molar-refractivity contribution in [2.75, 3.05) is 0 Å². The van der Waals surface area contributed by atoms with Crippen LogP contribution in [0.25, 0.3) is 5.69 Å². The maximum absolute atomic E-state index is 13.6. The molecule has 0 N–H and O–H groups in total. The molecule has 0 radical (unpaired) electrons. The molecule has 0 aliphatic rings. The SMILES string of the molecule is Cc1nnc(SC(C)C(=O)N(Cc2ccccc2)Cc2ccccc2)n1-c1ccccc1. The van der Waals surface area contributed by atoms with E-state index in [1.807, 2.05) is 90.0 Å². The normalized spacial score (nSPS) is 11.8. The number of hydrogen-bond donors (Lipinski definition) is 0. The number of thioether (sulfide) groups is 1. The number of carbonyl (C=O) groups is 1. The van der Waals surface area contributed by atoms with E-state index in [1.54, 1.807) is 0 Å². The summed E-state index contributed by atoms with van der Waals surface area (Å²) in [5.74, 6) is 0.867. The van der Waals surface area contributed by atoms with Crippen LogP contribution in [0.3, 0.4) is 0 Å². The zero-order chi connectivity index (χ0) is 22.3. The van der Waals surface area contributed by atoms with E-state index in [-0.39, 0.29) is 11.2 Å². The molecule has 4 aromatic rings. The second-order valence-electron chi connectivity index (χ2n) is 7.63. The number of rotatable bonds is 8. The van der Waals surface area contributed by atoms with Gasteiger partial charge >= 0.3 is 0 Å². The minimum Gasteiger partial charge on any atom is -0.333 e. The zero-order valence-corrected chi connectivity index (χ0v) is 19.1. The molecule has 4 rings (SSSR count). The molecule has 1 aromatic heterocycles. The lowest BCUT2D eigenvalue weighted by Gasteiger charge is -2.26. The lowest BCUT2D eigenvalue weighted by molar-refractivity contribution is -0.131. The molecular formula is C26H26N4OS. The van der Waals surface area contributed by atoms with Gasteiger partial charge in [-0.1, -0.05) is 90.6 Å². The fourth-order valence-corrected chi connectivity index (χ4v) is 4.58. The van der Waals surface area contributed by atoms with Gasteiger partial charge in [0.2, 0.25) is 5.91 Å². The van der Waals surface area contributed by atoms with Crippen LogP contribution in [-0.4, -0.2) is 30.8 Å². The van der Waals surface area contributed by atoms with Crippen LogP contribution < -0.4 is 0 Å². The topological polar surface area (TPSA) is 51.0 Å². The van der Waals surface area contributed by atoms with Gasteiger partial charge in [0.1, 0.15) is 5.82 Å². The van der Waals surface area contributed by atoms with E-state index in [0.717, 1.165) is 22.6 Å². The molecule has 0 aliphatic carbocycles. The molecule has 162 valence electrons. The van der Waals surface area contributed by atoms with Gasteiger partial charge in [-0.05, 0) is 37.1 Å². The highest BCUT2D eigenvalue weighted by Gasteiger charge is 2.25. The molecule has 0 bridgehead atoms. The molecule has 3 aromatic carbocycles.